The van der Waals surface area contributed by atoms with Crippen molar-refractivity contribution in [1.29, 1.82) is 0 Å². The van der Waals surface area contributed by atoms with Crippen LogP contribution in [-0.2, 0) is 6.54 Å². The van der Waals surface area contributed by atoms with Crippen LogP contribution in [0, 0.1) is 0 Å². The van der Waals surface area contributed by atoms with Crippen molar-refractivity contribution in [1.82, 2.24) is 4.90 Å². The maximum Gasteiger partial charge on any atom is 0.254 e. The summed E-state index contributed by atoms with van der Waals surface area (Å²) in [5.74, 6) is 0.158. The molecule has 1 aromatic heterocycles. The number of rotatable bonds is 4. The van der Waals surface area contributed by atoms with E-state index in [-0.39, 0.29) is 5.91 Å². The summed E-state index contributed by atoms with van der Waals surface area (Å²) < 4.78 is 1.12. The maximum absolute atomic E-state index is 12.6. The average Bonchev–Trinajstić information content (AvgIpc) is 2.99. The van der Waals surface area contributed by atoms with Crippen LogP contribution in [0.5, 0.6) is 0 Å². The molecule has 0 saturated carbocycles. The molecule has 3 rings (SSSR count). The summed E-state index contributed by atoms with van der Waals surface area (Å²) >= 11 is 5.19. The Bertz CT molecular complexity index is 668. The molecule has 122 valence electrons. The predicted octanol–water partition coefficient (Wildman–Crippen LogP) is 5.14. The molecule has 1 aliphatic heterocycles. The number of likely N-dealkylation sites (tertiary alicyclic amines) is 1. The quantitative estimate of drug-likeness (QED) is 0.780. The smallest absolute Gasteiger partial charge is 0.254 e. The fourth-order valence-electron chi connectivity index (χ4n) is 2.93. The van der Waals surface area contributed by atoms with Gasteiger partial charge in [-0.1, -0.05) is 0 Å². The Hall–Kier alpha value is -1.33. The lowest BCUT2D eigenvalue weighted by molar-refractivity contribution is 0.0635. The third-order valence-electron chi connectivity index (χ3n) is 4.28. The van der Waals surface area contributed by atoms with Gasteiger partial charge in [-0.2, -0.15) is 0 Å². The topological polar surface area (TPSA) is 32.3 Å². The summed E-state index contributed by atoms with van der Waals surface area (Å²) in [5.41, 5.74) is 1.82. The lowest BCUT2D eigenvalue weighted by atomic mass is 10.0. The van der Waals surface area contributed by atoms with E-state index >= 15 is 0 Å². The van der Waals surface area contributed by atoms with Crippen molar-refractivity contribution in [2.24, 2.45) is 0 Å². The van der Waals surface area contributed by atoms with E-state index < -0.39 is 0 Å². The molecule has 1 N–H and O–H groups in total. The summed E-state index contributed by atoms with van der Waals surface area (Å²) in [6.07, 6.45) is 3.46. The van der Waals surface area contributed by atoms with Gasteiger partial charge in [-0.25, -0.2) is 0 Å². The van der Waals surface area contributed by atoms with Gasteiger partial charge in [-0.15, -0.1) is 11.3 Å². The van der Waals surface area contributed by atoms with Gasteiger partial charge in [0.25, 0.3) is 5.91 Å². The Morgan fingerprint density at radius 3 is 2.78 bits per heavy atom. The molecule has 1 unspecified atom stereocenters. The largest absolute Gasteiger partial charge is 0.380 e. The number of piperidine rings is 1. The lowest BCUT2D eigenvalue weighted by Crippen LogP contribution is -2.41. The molecule has 1 aromatic carbocycles. The third-order valence-corrected chi connectivity index (χ3v) is 5.98. The molecule has 23 heavy (non-hydrogen) atoms. The van der Waals surface area contributed by atoms with Gasteiger partial charge in [-0.3, -0.25) is 4.79 Å². The molecule has 1 saturated heterocycles. The minimum absolute atomic E-state index is 0.158. The molecule has 1 aliphatic rings. The molecular formula is C18H21BrN2OS. The molecule has 5 heteroatoms. The zero-order chi connectivity index (χ0) is 16.2. The molecular weight excluding hydrogens is 372 g/mol. The first-order valence-electron chi connectivity index (χ1n) is 8.01. The Kier molecular flexibility index (Phi) is 5.38. The van der Waals surface area contributed by atoms with Gasteiger partial charge in [0.1, 0.15) is 0 Å². The number of halogens is 1. The van der Waals surface area contributed by atoms with E-state index in [1.807, 2.05) is 29.2 Å². The Morgan fingerprint density at radius 2 is 2.13 bits per heavy atom. The molecule has 1 atom stereocenters. The van der Waals surface area contributed by atoms with Gasteiger partial charge in [0, 0.05) is 45.1 Å². The van der Waals surface area contributed by atoms with Crippen LogP contribution in [0.25, 0.3) is 0 Å². The molecule has 0 spiro atoms. The van der Waals surface area contributed by atoms with Crippen molar-refractivity contribution < 1.29 is 4.79 Å². The SMILES string of the molecule is CC1CCCCN1C(=O)c1ccc(NCc2cc(Br)cs2)cc1. The Balaban J connectivity index is 1.61. The second kappa shape index (κ2) is 7.49. The molecule has 2 aromatic rings. The number of carbonyl (C=O) groups excluding carboxylic acids is 1. The molecule has 1 fully saturated rings. The molecule has 3 nitrogen and oxygen atoms in total. The highest BCUT2D eigenvalue weighted by Crippen LogP contribution is 2.22. The minimum Gasteiger partial charge on any atom is -0.380 e. The molecule has 0 radical (unpaired) electrons. The first-order valence-corrected chi connectivity index (χ1v) is 9.68. The fraction of sp³-hybridized carbons (Fsp3) is 0.389. The van der Waals surface area contributed by atoms with Gasteiger partial charge in [-0.05, 0) is 72.4 Å². The van der Waals surface area contributed by atoms with Crippen molar-refractivity contribution >= 4 is 38.9 Å². The van der Waals surface area contributed by atoms with Crippen LogP contribution in [0.2, 0.25) is 0 Å². The number of anilines is 1. The van der Waals surface area contributed by atoms with E-state index in [1.54, 1.807) is 11.3 Å². The van der Waals surface area contributed by atoms with E-state index in [0.29, 0.717) is 6.04 Å². The molecule has 1 amide bonds. The van der Waals surface area contributed by atoms with E-state index in [1.165, 1.54) is 11.3 Å². The third kappa shape index (κ3) is 4.15. The molecule has 0 bridgehead atoms. The van der Waals surface area contributed by atoms with Crippen LogP contribution in [-0.4, -0.2) is 23.4 Å². The van der Waals surface area contributed by atoms with Gasteiger partial charge in [0.15, 0.2) is 0 Å². The van der Waals surface area contributed by atoms with Gasteiger partial charge >= 0.3 is 0 Å². The fourth-order valence-corrected chi connectivity index (χ4v) is 4.32. The van der Waals surface area contributed by atoms with E-state index in [0.717, 1.165) is 41.7 Å². The monoisotopic (exact) mass is 392 g/mol. The van der Waals surface area contributed by atoms with Crippen LogP contribution < -0.4 is 5.32 Å². The number of hydrogen-bond acceptors (Lipinski definition) is 3. The summed E-state index contributed by atoms with van der Waals surface area (Å²) in [6, 6.07) is 10.3. The van der Waals surface area contributed by atoms with Crippen molar-refractivity contribution in [3.63, 3.8) is 0 Å². The van der Waals surface area contributed by atoms with E-state index in [2.05, 4.69) is 39.6 Å². The standard InChI is InChI=1S/C18H21BrN2OS/c1-13-4-2-3-9-21(13)18(22)14-5-7-16(8-6-14)20-11-17-10-15(19)12-23-17/h5-8,10,12-13,20H,2-4,9,11H2,1H3. The minimum atomic E-state index is 0.158. The number of nitrogens with zero attached hydrogens (tertiary/aromatic N) is 1. The highest BCUT2D eigenvalue weighted by molar-refractivity contribution is 9.10. The normalized spacial score (nSPS) is 18.0. The number of nitrogens with one attached hydrogen (secondary N) is 1. The van der Waals surface area contributed by atoms with Crippen LogP contribution in [0.15, 0.2) is 40.2 Å². The van der Waals surface area contributed by atoms with Gasteiger partial charge in [0.05, 0.1) is 0 Å². The number of thiophene rings is 1. The number of carbonyl (C=O) groups is 1. The highest BCUT2D eigenvalue weighted by atomic mass is 79.9. The Morgan fingerprint density at radius 1 is 1.35 bits per heavy atom. The average molecular weight is 393 g/mol. The second-order valence-electron chi connectivity index (χ2n) is 6.01. The molecule has 2 heterocycles. The van der Waals surface area contributed by atoms with Gasteiger partial charge < -0.3 is 10.2 Å². The summed E-state index contributed by atoms with van der Waals surface area (Å²) in [5, 5.41) is 5.48. The van der Waals surface area contributed by atoms with E-state index in [4.69, 9.17) is 0 Å². The maximum atomic E-state index is 12.6. The number of amides is 1. The highest BCUT2D eigenvalue weighted by Gasteiger charge is 2.23. The summed E-state index contributed by atoms with van der Waals surface area (Å²) in [4.78, 5) is 15.9. The van der Waals surface area contributed by atoms with E-state index in [9.17, 15) is 4.79 Å². The molecule has 0 aliphatic carbocycles. The van der Waals surface area contributed by atoms with Crippen LogP contribution in [0.3, 0.4) is 0 Å². The zero-order valence-corrected chi connectivity index (χ0v) is 15.6. The first-order chi connectivity index (χ1) is 11.1. The number of benzene rings is 1. The van der Waals surface area contributed by atoms with Crippen molar-refractivity contribution in [2.45, 2.75) is 38.8 Å². The van der Waals surface area contributed by atoms with Crippen molar-refractivity contribution in [2.75, 3.05) is 11.9 Å². The van der Waals surface area contributed by atoms with Crippen molar-refractivity contribution in [3.8, 4) is 0 Å². The van der Waals surface area contributed by atoms with Crippen molar-refractivity contribution in [3.05, 3.63) is 50.6 Å². The summed E-state index contributed by atoms with van der Waals surface area (Å²) in [7, 11) is 0. The van der Waals surface area contributed by atoms with Crippen LogP contribution in [0.1, 0.15) is 41.4 Å². The van der Waals surface area contributed by atoms with Crippen LogP contribution in [0.4, 0.5) is 5.69 Å². The number of hydrogen-bond donors (Lipinski definition) is 1. The van der Waals surface area contributed by atoms with Gasteiger partial charge in [0.2, 0.25) is 0 Å². The lowest BCUT2D eigenvalue weighted by Gasteiger charge is -2.33. The predicted molar refractivity (Wildman–Crippen MR) is 100 cm³/mol. The first kappa shape index (κ1) is 16.5. The van der Waals surface area contributed by atoms with Crippen LogP contribution >= 0.6 is 27.3 Å². The zero-order valence-electron chi connectivity index (χ0n) is 13.2. The summed E-state index contributed by atoms with van der Waals surface area (Å²) in [6.45, 7) is 3.83. The Labute approximate surface area is 149 Å². The second-order valence-corrected chi connectivity index (χ2v) is 7.92.